The van der Waals surface area contributed by atoms with Crippen molar-refractivity contribution >= 4 is 39.1 Å². The molecule has 22 heavy (non-hydrogen) atoms. The number of nitrogens with one attached hydrogen (secondary N) is 2. The van der Waals surface area contributed by atoms with Gasteiger partial charge in [0.2, 0.25) is 0 Å². The molecule has 2 aromatic rings. The van der Waals surface area contributed by atoms with Crippen LogP contribution in [0.3, 0.4) is 0 Å². The van der Waals surface area contributed by atoms with Crippen LogP contribution in [-0.4, -0.2) is 16.9 Å². The molecule has 0 heterocycles. The molecule has 6 heteroatoms. The second-order valence-electron chi connectivity index (χ2n) is 4.89. The Bertz CT molecular complexity index is 744. The fourth-order valence-electron chi connectivity index (χ4n) is 1.84. The van der Waals surface area contributed by atoms with Gasteiger partial charge in [0.1, 0.15) is 5.75 Å². The smallest absolute Gasteiger partial charge is 0.314 e. The minimum absolute atomic E-state index is 0.0914. The minimum Gasteiger partial charge on any atom is -0.506 e. The minimum atomic E-state index is -0.846. The van der Waals surface area contributed by atoms with Crippen LogP contribution >= 0.6 is 15.9 Å². The molecule has 0 saturated carbocycles. The van der Waals surface area contributed by atoms with Crippen molar-refractivity contribution in [3.8, 4) is 5.75 Å². The molecule has 0 radical (unpaired) electrons. The van der Waals surface area contributed by atoms with Gasteiger partial charge in [-0.2, -0.15) is 0 Å². The average Bonchev–Trinajstić information content (AvgIpc) is 2.46. The summed E-state index contributed by atoms with van der Waals surface area (Å²) < 4.78 is 0.916. The Morgan fingerprint density at radius 1 is 1.00 bits per heavy atom. The van der Waals surface area contributed by atoms with Crippen LogP contribution in [0.5, 0.6) is 5.75 Å². The number of phenolic OH excluding ortho intramolecular Hbond substituents is 1. The van der Waals surface area contributed by atoms with Gasteiger partial charge in [-0.3, -0.25) is 9.59 Å². The summed E-state index contributed by atoms with van der Waals surface area (Å²) in [5, 5.41) is 14.6. The van der Waals surface area contributed by atoms with E-state index in [0.717, 1.165) is 15.6 Å². The maximum atomic E-state index is 11.9. The van der Waals surface area contributed by atoms with Crippen molar-refractivity contribution in [2.45, 2.75) is 13.8 Å². The van der Waals surface area contributed by atoms with Gasteiger partial charge >= 0.3 is 11.8 Å². The first kappa shape index (κ1) is 16.0. The molecule has 0 spiro atoms. The standard InChI is InChI=1S/C16H15BrN2O3/c1-9-3-6-14(20)13(7-9)19-16(22)15(21)18-11-4-5-12(17)10(2)8-11/h3-8,20H,1-2H3,(H,18,21)(H,19,22). The highest BCUT2D eigenvalue weighted by molar-refractivity contribution is 9.10. The van der Waals surface area contributed by atoms with Crippen molar-refractivity contribution in [1.82, 2.24) is 0 Å². The van der Waals surface area contributed by atoms with Crippen molar-refractivity contribution < 1.29 is 14.7 Å². The average molecular weight is 363 g/mol. The zero-order valence-corrected chi connectivity index (χ0v) is 13.7. The highest BCUT2D eigenvalue weighted by Gasteiger charge is 2.16. The Balaban J connectivity index is 2.07. The van der Waals surface area contributed by atoms with Crippen LogP contribution in [0.4, 0.5) is 11.4 Å². The summed E-state index contributed by atoms with van der Waals surface area (Å²) >= 11 is 3.36. The third-order valence-corrected chi connectivity index (χ3v) is 3.91. The number of anilines is 2. The molecule has 114 valence electrons. The molecule has 5 nitrogen and oxygen atoms in total. The molecular weight excluding hydrogens is 348 g/mol. The van der Waals surface area contributed by atoms with Gasteiger partial charge in [-0.25, -0.2) is 0 Å². The van der Waals surface area contributed by atoms with Crippen LogP contribution in [0.25, 0.3) is 0 Å². The molecule has 0 aromatic heterocycles. The lowest BCUT2D eigenvalue weighted by Gasteiger charge is -2.09. The molecule has 0 unspecified atom stereocenters. The lowest BCUT2D eigenvalue weighted by atomic mass is 10.2. The first-order valence-corrected chi connectivity index (χ1v) is 7.34. The highest BCUT2D eigenvalue weighted by atomic mass is 79.9. The number of phenols is 1. The van der Waals surface area contributed by atoms with Crippen LogP contribution in [0.1, 0.15) is 11.1 Å². The van der Waals surface area contributed by atoms with E-state index in [0.29, 0.717) is 5.69 Å². The zero-order chi connectivity index (χ0) is 16.3. The third-order valence-electron chi connectivity index (χ3n) is 3.02. The van der Waals surface area contributed by atoms with E-state index >= 15 is 0 Å². The zero-order valence-electron chi connectivity index (χ0n) is 12.1. The Labute approximate surface area is 136 Å². The molecule has 2 amide bonds. The number of halogens is 1. The Morgan fingerprint density at radius 3 is 2.36 bits per heavy atom. The van der Waals surface area contributed by atoms with Gasteiger partial charge in [0.15, 0.2) is 0 Å². The summed E-state index contributed by atoms with van der Waals surface area (Å²) in [7, 11) is 0. The monoisotopic (exact) mass is 362 g/mol. The first-order valence-electron chi connectivity index (χ1n) is 6.55. The van der Waals surface area contributed by atoms with Crippen LogP contribution in [0.15, 0.2) is 40.9 Å². The van der Waals surface area contributed by atoms with E-state index in [1.165, 1.54) is 6.07 Å². The summed E-state index contributed by atoms with van der Waals surface area (Å²) in [5.41, 5.74) is 2.52. The number of carbonyl (C=O) groups excluding carboxylic acids is 2. The predicted molar refractivity (Wildman–Crippen MR) is 89.0 cm³/mol. The SMILES string of the molecule is Cc1ccc(O)c(NC(=O)C(=O)Nc2ccc(Br)c(C)c2)c1. The fraction of sp³-hybridized carbons (Fsp3) is 0.125. The molecule has 2 aromatic carbocycles. The quantitative estimate of drug-likeness (QED) is 0.566. The topological polar surface area (TPSA) is 78.4 Å². The summed E-state index contributed by atoms with van der Waals surface area (Å²) in [6.45, 7) is 3.70. The van der Waals surface area contributed by atoms with E-state index in [9.17, 15) is 14.7 Å². The Morgan fingerprint density at radius 2 is 1.68 bits per heavy atom. The maximum absolute atomic E-state index is 11.9. The normalized spacial score (nSPS) is 10.1. The van der Waals surface area contributed by atoms with Gasteiger partial charge in [-0.15, -0.1) is 0 Å². The molecule has 0 atom stereocenters. The van der Waals surface area contributed by atoms with Crippen molar-refractivity contribution in [2.75, 3.05) is 10.6 Å². The van der Waals surface area contributed by atoms with E-state index in [1.54, 1.807) is 30.3 Å². The summed E-state index contributed by atoms with van der Waals surface area (Å²) in [6, 6.07) is 9.97. The van der Waals surface area contributed by atoms with E-state index < -0.39 is 11.8 Å². The highest BCUT2D eigenvalue weighted by Crippen LogP contribution is 2.24. The van der Waals surface area contributed by atoms with E-state index in [2.05, 4.69) is 26.6 Å². The largest absolute Gasteiger partial charge is 0.506 e. The molecule has 0 fully saturated rings. The van der Waals surface area contributed by atoms with Crippen molar-refractivity contribution in [2.24, 2.45) is 0 Å². The van der Waals surface area contributed by atoms with Crippen LogP contribution in [0, 0.1) is 13.8 Å². The van der Waals surface area contributed by atoms with Gasteiger partial charge in [0, 0.05) is 10.2 Å². The Hall–Kier alpha value is -2.34. The molecule has 2 rings (SSSR count). The Kier molecular flexibility index (Phi) is 4.82. The second kappa shape index (κ2) is 6.62. The summed E-state index contributed by atoms with van der Waals surface area (Å²) in [4.78, 5) is 23.8. The number of hydrogen-bond donors (Lipinski definition) is 3. The fourth-order valence-corrected chi connectivity index (χ4v) is 2.09. The number of amides is 2. The number of aromatic hydroxyl groups is 1. The number of carbonyl (C=O) groups is 2. The molecule has 3 N–H and O–H groups in total. The van der Waals surface area contributed by atoms with Crippen molar-refractivity contribution in [1.29, 1.82) is 0 Å². The second-order valence-corrected chi connectivity index (χ2v) is 5.75. The summed E-state index contributed by atoms with van der Waals surface area (Å²) in [5.74, 6) is -1.74. The van der Waals surface area contributed by atoms with E-state index in [4.69, 9.17) is 0 Å². The maximum Gasteiger partial charge on any atom is 0.314 e. The number of benzene rings is 2. The molecule has 0 bridgehead atoms. The molecule has 0 aliphatic carbocycles. The third kappa shape index (κ3) is 3.85. The van der Waals surface area contributed by atoms with E-state index in [1.807, 2.05) is 13.8 Å². The number of aryl methyl sites for hydroxylation is 2. The van der Waals surface area contributed by atoms with Crippen molar-refractivity contribution in [3.05, 3.63) is 52.0 Å². The van der Waals surface area contributed by atoms with Gasteiger partial charge in [0.05, 0.1) is 5.69 Å². The number of rotatable bonds is 2. The molecule has 0 aliphatic rings. The number of hydrogen-bond acceptors (Lipinski definition) is 3. The van der Waals surface area contributed by atoms with E-state index in [-0.39, 0.29) is 11.4 Å². The van der Waals surface area contributed by atoms with Gasteiger partial charge in [-0.05, 0) is 55.3 Å². The van der Waals surface area contributed by atoms with Crippen LogP contribution in [0.2, 0.25) is 0 Å². The van der Waals surface area contributed by atoms with Gasteiger partial charge in [0.25, 0.3) is 0 Å². The van der Waals surface area contributed by atoms with Crippen LogP contribution < -0.4 is 10.6 Å². The first-order chi connectivity index (χ1) is 10.4. The van der Waals surface area contributed by atoms with Crippen molar-refractivity contribution in [3.63, 3.8) is 0 Å². The molecular formula is C16H15BrN2O3. The molecule has 0 saturated heterocycles. The lowest BCUT2D eigenvalue weighted by molar-refractivity contribution is -0.133. The van der Waals surface area contributed by atoms with Gasteiger partial charge < -0.3 is 15.7 Å². The predicted octanol–water partition coefficient (Wildman–Crippen LogP) is 3.35. The van der Waals surface area contributed by atoms with Crippen LogP contribution in [-0.2, 0) is 9.59 Å². The van der Waals surface area contributed by atoms with Gasteiger partial charge in [-0.1, -0.05) is 22.0 Å². The lowest BCUT2D eigenvalue weighted by Crippen LogP contribution is -2.29. The molecule has 0 aliphatic heterocycles. The summed E-state index contributed by atoms with van der Waals surface area (Å²) in [6.07, 6.45) is 0.